The van der Waals surface area contributed by atoms with Gasteiger partial charge in [-0.15, -0.1) is 0 Å². The van der Waals surface area contributed by atoms with E-state index in [1.165, 1.54) is 6.42 Å². The zero-order chi connectivity index (χ0) is 15.8. The molecule has 1 atom stereocenters. The van der Waals surface area contributed by atoms with Crippen LogP contribution in [0.4, 0.5) is 0 Å². The molecule has 0 bridgehead atoms. The minimum Gasteiger partial charge on any atom is -0.457 e. The Bertz CT molecular complexity index is 518. The average Bonchev–Trinajstić information content (AvgIpc) is 2.58. The molecule has 4 heteroatoms. The number of Topliss-reactive ketones (excluding diaryl/α,β-unsaturated/α-hetero) is 1. The van der Waals surface area contributed by atoms with E-state index in [1.807, 2.05) is 30.3 Å². The van der Waals surface area contributed by atoms with Crippen LogP contribution in [0.2, 0.25) is 0 Å². The molecule has 1 aliphatic rings. The molecular formula is C18H23NO3. The molecule has 0 unspecified atom stereocenters. The second-order valence-corrected chi connectivity index (χ2v) is 5.78. The molecule has 0 amide bonds. The summed E-state index contributed by atoms with van der Waals surface area (Å²) in [5.41, 5.74) is 0.926. The molecule has 1 aromatic carbocycles. The molecule has 1 aromatic rings. The molecular weight excluding hydrogens is 278 g/mol. The minimum absolute atomic E-state index is 0.112. The van der Waals surface area contributed by atoms with Crippen molar-refractivity contribution in [3.05, 3.63) is 35.9 Å². The zero-order valence-electron chi connectivity index (χ0n) is 13.0. The van der Waals surface area contributed by atoms with Crippen LogP contribution in [0.1, 0.15) is 44.6 Å². The van der Waals surface area contributed by atoms with Gasteiger partial charge in [0.1, 0.15) is 18.9 Å². The van der Waals surface area contributed by atoms with E-state index in [2.05, 4.69) is 4.99 Å². The van der Waals surface area contributed by atoms with Crippen molar-refractivity contribution >= 4 is 18.0 Å². The Morgan fingerprint density at radius 1 is 1.23 bits per heavy atom. The van der Waals surface area contributed by atoms with Crippen LogP contribution in [0.25, 0.3) is 0 Å². The van der Waals surface area contributed by atoms with Crippen molar-refractivity contribution in [2.75, 3.05) is 0 Å². The minimum atomic E-state index is -0.507. The van der Waals surface area contributed by atoms with E-state index in [0.717, 1.165) is 37.5 Å². The van der Waals surface area contributed by atoms with Gasteiger partial charge in [-0.25, -0.2) is 4.79 Å². The first kappa shape index (κ1) is 16.4. The molecule has 0 spiro atoms. The molecule has 0 aromatic heterocycles. The summed E-state index contributed by atoms with van der Waals surface area (Å²) in [6, 6.07) is 9.00. The van der Waals surface area contributed by atoms with E-state index in [1.54, 1.807) is 6.92 Å². The lowest BCUT2D eigenvalue weighted by Crippen LogP contribution is -2.26. The quantitative estimate of drug-likeness (QED) is 0.598. The fourth-order valence-electron chi connectivity index (χ4n) is 2.74. The molecule has 1 fully saturated rings. The first-order valence-corrected chi connectivity index (χ1v) is 7.94. The van der Waals surface area contributed by atoms with Gasteiger partial charge < -0.3 is 4.74 Å². The number of hydrogen-bond donors (Lipinski definition) is 0. The van der Waals surface area contributed by atoms with Crippen molar-refractivity contribution in [2.45, 2.75) is 51.7 Å². The summed E-state index contributed by atoms with van der Waals surface area (Å²) in [6.07, 6.45) is 6.49. The number of benzene rings is 1. The zero-order valence-corrected chi connectivity index (χ0v) is 13.0. The highest BCUT2D eigenvalue weighted by molar-refractivity contribution is 6.23. The number of nitrogens with zero attached hydrogens (tertiary/aromatic N) is 1. The summed E-state index contributed by atoms with van der Waals surface area (Å²) in [5.74, 6) is -0.250. The predicted molar refractivity (Wildman–Crippen MR) is 85.8 cm³/mol. The van der Waals surface area contributed by atoms with E-state index >= 15 is 0 Å². The lowest BCUT2D eigenvalue weighted by Gasteiger charge is -2.21. The average molecular weight is 301 g/mol. The summed E-state index contributed by atoms with van der Waals surface area (Å²) in [6.45, 7) is 1.97. The highest BCUT2D eigenvalue weighted by atomic mass is 16.5. The maximum atomic E-state index is 12.2. The number of rotatable bonds is 6. The van der Waals surface area contributed by atoms with E-state index < -0.39 is 12.0 Å². The van der Waals surface area contributed by atoms with Gasteiger partial charge in [0, 0.05) is 5.92 Å². The van der Waals surface area contributed by atoms with Gasteiger partial charge in [-0.05, 0) is 25.3 Å². The van der Waals surface area contributed by atoms with Crippen LogP contribution < -0.4 is 0 Å². The monoisotopic (exact) mass is 301 g/mol. The predicted octanol–water partition coefficient (Wildman–Crippen LogP) is 3.34. The van der Waals surface area contributed by atoms with E-state index in [9.17, 15) is 9.59 Å². The number of esters is 1. The summed E-state index contributed by atoms with van der Waals surface area (Å²) in [7, 11) is 0. The molecule has 1 saturated carbocycles. The lowest BCUT2D eigenvalue weighted by atomic mass is 9.84. The normalized spacial score (nSPS) is 17.3. The molecule has 1 aliphatic carbocycles. The summed E-state index contributed by atoms with van der Waals surface area (Å²) < 4.78 is 5.10. The van der Waals surface area contributed by atoms with Crippen molar-refractivity contribution in [2.24, 2.45) is 10.9 Å². The van der Waals surface area contributed by atoms with Gasteiger partial charge in [0.15, 0.2) is 5.78 Å². The Morgan fingerprint density at radius 3 is 2.59 bits per heavy atom. The Hall–Kier alpha value is -1.97. The standard InChI is InChI=1S/C18H23NO3/c1-14(18(21)16-10-6-3-7-11-16)19-12-17(20)22-13-15-8-4-2-5-9-15/h2,4-5,8-9,12,14,16H,3,6-7,10-11,13H2,1H3/t14-/m0/s1. The number of ether oxygens (including phenoxy) is 1. The molecule has 0 radical (unpaired) electrons. The molecule has 0 heterocycles. The maximum absolute atomic E-state index is 12.2. The van der Waals surface area contributed by atoms with Crippen LogP contribution in [0.15, 0.2) is 35.3 Å². The second-order valence-electron chi connectivity index (χ2n) is 5.78. The van der Waals surface area contributed by atoms with E-state index in [4.69, 9.17) is 4.74 Å². The number of carbonyl (C=O) groups excluding carboxylic acids is 2. The van der Waals surface area contributed by atoms with Crippen LogP contribution >= 0.6 is 0 Å². The van der Waals surface area contributed by atoms with Gasteiger partial charge in [0.05, 0.1) is 0 Å². The third kappa shape index (κ3) is 5.10. The van der Waals surface area contributed by atoms with Gasteiger partial charge in [-0.2, -0.15) is 0 Å². The Labute approximate surface area is 131 Å². The topological polar surface area (TPSA) is 55.7 Å². The van der Waals surface area contributed by atoms with Gasteiger partial charge in [-0.3, -0.25) is 9.79 Å². The van der Waals surface area contributed by atoms with Crippen molar-refractivity contribution in [1.29, 1.82) is 0 Å². The number of carbonyl (C=O) groups is 2. The van der Waals surface area contributed by atoms with Crippen LogP contribution in [-0.2, 0) is 20.9 Å². The Balaban J connectivity index is 1.77. The Morgan fingerprint density at radius 2 is 1.91 bits per heavy atom. The Kier molecular flexibility index (Phi) is 6.31. The second kappa shape index (κ2) is 8.47. The van der Waals surface area contributed by atoms with Gasteiger partial charge in [-0.1, -0.05) is 49.6 Å². The largest absolute Gasteiger partial charge is 0.457 e. The number of hydrogen-bond acceptors (Lipinski definition) is 4. The third-order valence-electron chi connectivity index (χ3n) is 4.05. The number of ketones is 1. The van der Waals surface area contributed by atoms with Crippen molar-refractivity contribution in [3.8, 4) is 0 Å². The first-order valence-electron chi connectivity index (χ1n) is 7.94. The highest BCUT2D eigenvalue weighted by Gasteiger charge is 2.24. The van der Waals surface area contributed by atoms with Crippen molar-refractivity contribution in [3.63, 3.8) is 0 Å². The SMILES string of the molecule is C[C@H](N=CC(=O)OCc1ccccc1)C(=O)C1CCCCC1. The van der Waals surface area contributed by atoms with Crippen LogP contribution in [0, 0.1) is 5.92 Å². The van der Waals surface area contributed by atoms with Crippen LogP contribution in [-0.4, -0.2) is 24.0 Å². The van der Waals surface area contributed by atoms with Gasteiger partial charge in [0.2, 0.25) is 0 Å². The maximum Gasteiger partial charge on any atom is 0.349 e. The van der Waals surface area contributed by atoms with Gasteiger partial charge >= 0.3 is 5.97 Å². The van der Waals surface area contributed by atoms with Crippen molar-refractivity contribution in [1.82, 2.24) is 0 Å². The fourth-order valence-corrected chi connectivity index (χ4v) is 2.74. The van der Waals surface area contributed by atoms with Crippen LogP contribution in [0.3, 0.4) is 0 Å². The lowest BCUT2D eigenvalue weighted by molar-refractivity contribution is -0.136. The molecule has 2 rings (SSSR count). The molecule has 0 aliphatic heterocycles. The molecule has 4 nitrogen and oxygen atoms in total. The van der Waals surface area contributed by atoms with E-state index in [0.29, 0.717) is 0 Å². The van der Waals surface area contributed by atoms with E-state index in [-0.39, 0.29) is 18.3 Å². The summed E-state index contributed by atoms with van der Waals surface area (Å²) in [4.78, 5) is 27.9. The smallest absolute Gasteiger partial charge is 0.349 e. The summed E-state index contributed by atoms with van der Waals surface area (Å²) >= 11 is 0. The number of aliphatic imine (C=N–C) groups is 1. The third-order valence-corrected chi connectivity index (χ3v) is 4.05. The first-order chi connectivity index (χ1) is 10.7. The van der Waals surface area contributed by atoms with Crippen molar-refractivity contribution < 1.29 is 14.3 Å². The fraction of sp³-hybridized carbons (Fsp3) is 0.500. The molecule has 22 heavy (non-hydrogen) atoms. The molecule has 0 N–H and O–H groups in total. The van der Waals surface area contributed by atoms with Gasteiger partial charge in [0.25, 0.3) is 0 Å². The highest BCUT2D eigenvalue weighted by Crippen LogP contribution is 2.25. The van der Waals surface area contributed by atoms with Crippen LogP contribution in [0.5, 0.6) is 0 Å². The summed E-state index contributed by atoms with van der Waals surface area (Å²) in [5, 5.41) is 0. The molecule has 0 saturated heterocycles. The molecule has 118 valence electrons.